The van der Waals surface area contributed by atoms with Crippen LogP contribution in [0.2, 0.25) is 0 Å². The molecule has 0 unspecified atom stereocenters. The number of carbonyl (C=O) groups is 1. The maximum atomic E-state index is 13.2. The number of benzene rings is 2. The second-order valence-electron chi connectivity index (χ2n) is 6.80. The summed E-state index contributed by atoms with van der Waals surface area (Å²) in [6.45, 7) is 3.33. The van der Waals surface area contributed by atoms with Gasteiger partial charge < -0.3 is 16.0 Å². The Balaban J connectivity index is 1.94. The normalized spacial score (nSPS) is 14.9. The summed E-state index contributed by atoms with van der Waals surface area (Å²) in [5, 5.41) is 2.65. The highest BCUT2D eigenvalue weighted by molar-refractivity contribution is 6.06. The number of carbonyl (C=O) groups excluding carboxylic acids is 1. The van der Waals surface area contributed by atoms with Gasteiger partial charge in [0, 0.05) is 24.3 Å². The van der Waals surface area contributed by atoms with Crippen molar-refractivity contribution < 1.29 is 18.0 Å². The van der Waals surface area contributed by atoms with Crippen LogP contribution in [0.1, 0.15) is 40.7 Å². The molecule has 0 aliphatic carbocycles. The molecule has 1 aliphatic heterocycles. The quantitative estimate of drug-likeness (QED) is 0.753. The van der Waals surface area contributed by atoms with E-state index in [-0.39, 0.29) is 5.69 Å². The summed E-state index contributed by atoms with van der Waals surface area (Å²) in [7, 11) is 0. The molecule has 3 N–H and O–H groups in total. The van der Waals surface area contributed by atoms with Crippen LogP contribution >= 0.6 is 0 Å². The number of hydrogen-bond donors (Lipinski definition) is 2. The molecule has 3 rings (SSSR count). The van der Waals surface area contributed by atoms with Crippen LogP contribution in [0.15, 0.2) is 36.4 Å². The molecule has 0 saturated carbocycles. The highest BCUT2D eigenvalue weighted by Gasteiger charge is 2.32. The van der Waals surface area contributed by atoms with Gasteiger partial charge >= 0.3 is 6.18 Å². The van der Waals surface area contributed by atoms with Crippen molar-refractivity contribution in [3.8, 4) is 0 Å². The van der Waals surface area contributed by atoms with Crippen LogP contribution in [0.4, 0.5) is 30.2 Å². The number of anilines is 3. The Morgan fingerprint density at radius 3 is 2.41 bits per heavy atom. The summed E-state index contributed by atoms with van der Waals surface area (Å²) in [4.78, 5) is 14.6. The third kappa shape index (κ3) is 4.35. The van der Waals surface area contributed by atoms with Gasteiger partial charge in [0.25, 0.3) is 5.91 Å². The Kier molecular flexibility index (Phi) is 5.30. The molecule has 27 heavy (non-hydrogen) atoms. The number of amides is 1. The van der Waals surface area contributed by atoms with Crippen LogP contribution in [0.25, 0.3) is 0 Å². The molecule has 2 aromatic carbocycles. The van der Waals surface area contributed by atoms with E-state index in [1.807, 2.05) is 11.8 Å². The first-order chi connectivity index (χ1) is 12.8. The second kappa shape index (κ2) is 7.50. The number of nitrogens with one attached hydrogen (secondary N) is 1. The van der Waals surface area contributed by atoms with Crippen molar-refractivity contribution in [1.29, 1.82) is 0 Å². The second-order valence-corrected chi connectivity index (χ2v) is 6.80. The van der Waals surface area contributed by atoms with E-state index < -0.39 is 17.6 Å². The lowest BCUT2D eigenvalue weighted by atomic mass is 10.1. The van der Waals surface area contributed by atoms with Gasteiger partial charge in [0.15, 0.2) is 0 Å². The zero-order valence-corrected chi connectivity index (χ0v) is 15.1. The van der Waals surface area contributed by atoms with Crippen molar-refractivity contribution in [3.63, 3.8) is 0 Å². The SMILES string of the molecule is Cc1ccc(C(=O)Nc2cc(C(F)(F)F)ccc2N2CCCCC2)cc1N. The average molecular weight is 377 g/mol. The maximum Gasteiger partial charge on any atom is 0.416 e. The average Bonchev–Trinajstić information content (AvgIpc) is 2.64. The van der Waals surface area contributed by atoms with Crippen LogP contribution < -0.4 is 16.0 Å². The van der Waals surface area contributed by atoms with Gasteiger partial charge in [-0.1, -0.05) is 6.07 Å². The monoisotopic (exact) mass is 377 g/mol. The highest BCUT2D eigenvalue weighted by atomic mass is 19.4. The summed E-state index contributed by atoms with van der Waals surface area (Å²) in [6, 6.07) is 8.34. The Morgan fingerprint density at radius 1 is 1.07 bits per heavy atom. The van der Waals surface area contributed by atoms with Crippen LogP contribution in [0.5, 0.6) is 0 Å². The third-order valence-electron chi connectivity index (χ3n) is 4.81. The first kappa shape index (κ1) is 19.1. The number of alkyl halides is 3. The van der Waals surface area contributed by atoms with Crippen molar-refractivity contribution in [1.82, 2.24) is 0 Å². The molecule has 0 bridgehead atoms. The van der Waals surface area contributed by atoms with Crippen molar-refractivity contribution in [3.05, 3.63) is 53.1 Å². The largest absolute Gasteiger partial charge is 0.416 e. The summed E-state index contributed by atoms with van der Waals surface area (Å²) < 4.78 is 39.5. The zero-order valence-electron chi connectivity index (χ0n) is 15.1. The number of nitrogens with zero attached hydrogens (tertiary/aromatic N) is 1. The molecule has 2 aromatic rings. The number of nitrogen functional groups attached to an aromatic ring is 1. The highest BCUT2D eigenvalue weighted by Crippen LogP contribution is 2.36. The Hall–Kier alpha value is -2.70. The van der Waals surface area contributed by atoms with E-state index >= 15 is 0 Å². The van der Waals surface area contributed by atoms with E-state index in [0.717, 1.165) is 50.0 Å². The third-order valence-corrected chi connectivity index (χ3v) is 4.81. The fraction of sp³-hybridized carbons (Fsp3) is 0.350. The summed E-state index contributed by atoms with van der Waals surface area (Å²) in [6.07, 6.45) is -1.43. The Morgan fingerprint density at radius 2 is 1.78 bits per heavy atom. The fourth-order valence-corrected chi connectivity index (χ4v) is 3.20. The van der Waals surface area contributed by atoms with E-state index in [0.29, 0.717) is 16.9 Å². The Bertz CT molecular complexity index is 843. The number of aryl methyl sites for hydroxylation is 1. The molecule has 1 amide bonds. The van der Waals surface area contributed by atoms with Gasteiger partial charge in [-0.15, -0.1) is 0 Å². The van der Waals surface area contributed by atoms with Gasteiger partial charge in [-0.3, -0.25) is 4.79 Å². The molecule has 144 valence electrons. The topological polar surface area (TPSA) is 58.4 Å². The van der Waals surface area contributed by atoms with Gasteiger partial charge in [0.1, 0.15) is 0 Å². The summed E-state index contributed by atoms with van der Waals surface area (Å²) in [5.41, 5.74) is 7.42. The van der Waals surface area contributed by atoms with Crippen LogP contribution in [0, 0.1) is 6.92 Å². The zero-order chi connectivity index (χ0) is 19.6. The lowest BCUT2D eigenvalue weighted by Crippen LogP contribution is -2.30. The minimum absolute atomic E-state index is 0.163. The molecule has 0 aromatic heterocycles. The van der Waals surface area contributed by atoms with Crippen molar-refractivity contribution in [2.24, 2.45) is 0 Å². The van der Waals surface area contributed by atoms with Gasteiger partial charge in [0.05, 0.1) is 16.9 Å². The molecule has 1 heterocycles. The standard InChI is InChI=1S/C20H22F3N3O/c1-13-5-6-14(11-16(13)24)19(27)25-17-12-15(20(21,22)23)7-8-18(17)26-9-3-2-4-10-26/h5-8,11-12H,2-4,9-10,24H2,1H3,(H,25,27). The molecule has 1 aliphatic rings. The van der Waals surface area contributed by atoms with Gasteiger partial charge in [-0.05, 0) is 62.1 Å². The van der Waals surface area contributed by atoms with Gasteiger partial charge in [0.2, 0.25) is 0 Å². The molecule has 0 spiro atoms. The van der Waals surface area contributed by atoms with Gasteiger partial charge in [-0.25, -0.2) is 0 Å². The molecule has 0 atom stereocenters. The predicted molar refractivity (Wildman–Crippen MR) is 101 cm³/mol. The molecular formula is C20H22F3N3O. The molecule has 1 fully saturated rings. The van der Waals surface area contributed by atoms with Crippen molar-refractivity contribution in [2.75, 3.05) is 29.0 Å². The molecule has 4 nitrogen and oxygen atoms in total. The molecule has 0 radical (unpaired) electrons. The van der Waals surface area contributed by atoms with E-state index in [4.69, 9.17) is 5.73 Å². The first-order valence-corrected chi connectivity index (χ1v) is 8.89. The van der Waals surface area contributed by atoms with E-state index in [2.05, 4.69) is 5.32 Å². The Labute approximate surface area is 156 Å². The molecular weight excluding hydrogens is 355 g/mol. The summed E-state index contributed by atoms with van der Waals surface area (Å²) >= 11 is 0. The van der Waals surface area contributed by atoms with Crippen LogP contribution in [-0.2, 0) is 6.18 Å². The van der Waals surface area contributed by atoms with E-state index in [9.17, 15) is 18.0 Å². The lowest BCUT2D eigenvalue weighted by molar-refractivity contribution is -0.137. The molecule has 1 saturated heterocycles. The lowest BCUT2D eigenvalue weighted by Gasteiger charge is -2.31. The number of piperidine rings is 1. The number of hydrogen-bond acceptors (Lipinski definition) is 3. The van der Waals surface area contributed by atoms with Crippen molar-refractivity contribution in [2.45, 2.75) is 32.4 Å². The van der Waals surface area contributed by atoms with Crippen LogP contribution in [-0.4, -0.2) is 19.0 Å². The first-order valence-electron chi connectivity index (χ1n) is 8.89. The van der Waals surface area contributed by atoms with Crippen molar-refractivity contribution >= 4 is 23.0 Å². The number of rotatable bonds is 3. The number of halogens is 3. The van der Waals surface area contributed by atoms with Crippen LogP contribution in [0.3, 0.4) is 0 Å². The fourth-order valence-electron chi connectivity index (χ4n) is 3.20. The predicted octanol–water partition coefficient (Wildman–Crippen LogP) is 4.84. The van der Waals surface area contributed by atoms with E-state index in [1.54, 1.807) is 12.1 Å². The minimum Gasteiger partial charge on any atom is -0.398 e. The van der Waals surface area contributed by atoms with E-state index in [1.165, 1.54) is 12.1 Å². The van der Waals surface area contributed by atoms with Gasteiger partial charge in [-0.2, -0.15) is 13.2 Å². The minimum atomic E-state index is -4.48. The maximum absolute atomic E-state index is 13.2. The summed E-state index contributed by atoms with van der Waals surface area (Å²) in [5.74, 6) is -0.487. The number of nitrogens with two attached hydrogens (primary N) is 1. The smallest absolute Gasteiger partial charge is 0.398 e. The molecule has 7 heteroatoms.